The van der Waals surface area contributed by atoms with Gasteiger partial charge in [0.25, 0.3) is 0 Å². The molecule has 0 aliphatic heterocycles. The minimum absolute atomic E-state index is 0.467. The molecule has 0 saturated heterocycles. The second-order valence-corrected chi connectivity index (χ2v) is 4.72. The summed E-state index contributed by atoms with van der Waals surface area (Å²) in [6, 6.07) is 8.44. The molecule has 2 aromatic heterocycles. The van der Waals surface area contributed by atoms with Crippen LogP contribution in [0.25, 0.3) is 10.9 Å². The van der Waals surface area contributed by atoms with Crippen molar-refractivity contribution in [3.8, 4) is 11.6 Å². The van der Waals surface area contributed by atoms with E-state index in [4.69, 9.17) is 10.5 Å². The van der Waals surface area contributed by atoms with Gasteiger partial charge in [-0.25, -0.2) is 14.8 Å². The molecular weight excluding hydrogens is 282 g/mol. The summed E-state index contributed by atoms with van der Waals surface area (Å²) >= 11 is 0. The van der Waals surface area contributed by atoms with E-state index in [1.54, 1.807) is 30.5 Å². The monoisotopic (exact) mass is 297 g/mol. The Morgan fingerprint density at radius 2 is 2.18 bits per heavy atom. The molecule has 1 amide bonds. The van der Waals surface area contributed by atoms with E-state index in [2.05, 4.69) is 15.3 Å². The third-order valence-electron chi connectivity index (χ3n) is 3.18. The number of carbonyl (C=O) groups excluding carboxylic acids is 1. The Kier molecular flexibility index (Phi) is 3.71. The van der Waals surface area contributed by atoms with Gasteiger partial charge >= 0.3 is 6.03 Å². The van der Waals surface area contributed by atoms with Gasteiger partial charge < -0.3 is 15.8 Å². The molecule has 0 spiro atoms. The van der Waals surface area contributed by atoms with E-state index in [9.17, 15) is 4.79 Å². The number of nitrogens with one attached hydrogen (secondary N) is 1. The number of ether oxygens (including phenoxy) is 1. The highest BCUT2D eigenvalue weighted by atomic mass is 16.5. The van der Waals surface area contributed by atoms with Crippen LogP contribution in [-0.2, 0) is 6.54 Å². The van der Waals surface area contributed by atoms with Crippen LogP contribution in [0.1, 0.15) is 5.69 Å². The first-order valence-corrected chi connectivity index (χ1v) is 6.71. The van der Waals surface area contributed by atoms with Crippen LogP contribution in [0.5, 0.6) is 11.6 Å². The van der Waals surface area contributed by atoms with Crippen molar-refractivity contribution in [3.63, 3.8) is 0 Å². The number of primary amides is 1. The number of nitrogens with two attached hydrogens (primary N) is 1. The molecule has 0 saturated carbocycles. The van der Waals surface area contributed by atoms with E-state index in [1.807, 2.05) is 13.1 Å². The third kappa shape index (κ3) is 2.75. The number of aromatic nitrogens is 3. The predicted molar refractivity (Wildman–Crippen MR) is 81.8 cm³/mol. The largest absolute Gasteiger partial charge is 0.439 e. The van der Waals surface area contributed by atoms with Gasteiger partial charge in [-0.05, 0) is 31.3 Å². The second kappa shape index (κ2) is 5.82. The molecule has 0 atom stereocenters. The molecule has 3 N–H and O–H groups in total. The van der Waals surface area contributed by atoms with Gasteiger partial charge in [0.05, 0.1) is 11.2 Å². The third-order valence-corrected chi connectivity index (χ3v) is 3.18. The SMILES string of the molecule is CNCc1cc(Oc2ccc3c(ccn3C(N)=O)c2)ncn1. The Morgan fingerprint density at radius 3 is 2.95 bits per heavy atom. The molecule has 0 radical (unpaired) electrons. The van der Waals surface area contributed by atoms with Gasteiger partial charge in [0.15, 0.2) is 0 Å². The Labute approximate surface area is 126 Å². The smallest absolute Gasteiger partial charge is 0.323 e. The van der Waals surface area contributed by atoms with E-state index in [-0.39, 0.29) is 0 Å². The van der Waals surface area contributed by atoms with E-state index in [0.29, 0.717) is 18.2 Å². The summed E-state index contributed by atoms with van der Waals surface area (Å²) in [6.07, 6.45) is 3.09. The quantitative estimate of drug-likeness (QED) is 0.766. The summed E-state index contributed by atoms with van der Waals surface area (Å²) in [7, 11) is 1.85. The highest BCUT2D eigenvalue weighted by molar-refractivity contribution is 5.91. The fourth-order valence-electron chi connectivity index (χ4n) is 2.21. The van der Waals surface area contributed by atoms with Gasteiger partial charge in [-0.2, -0.15) is 0 Å². The van der Waals surface area contributed by atoms with Crippen LogP contribution in [0.4, 0.5) is 4.79 Å². The van der Waals surface area contributed by atoms with Crippen molar-refractivity contribution >= 4 is 16.9 Å². The summed E-state index contributed by atoms with van der Waals surface area (Å²) < 4.78 is 7.12. The van der Waals surface area contributed by atoms with Gasteiger partial charge in [0.1, 0.15) is 12.1 Å². The number of benzene rings is 1. The zero-order valence-electron chi connectivity index (χ0n) is 12.0. The van der Waals surface area contributed by atoms with Crippen molar-refractivity contribution in [2.24, 2.45) is 5.73 Å². The summed E-state index contributed by atoms with van der Waals surface area (Å²) in [6.45, 7) is 0.638. The van der Waals surface area contributed by atoms with Gasteiger partial charge in [-0.15, -0.1) is 0 Å². The lowest BCUT2D eigenvalue weighted by Crippen LogP contribution is -2.17. The topological polar surface area (TPSA) is 95.1 Å². The highest BCUT2D eigenvalue weighted by Gasteiger charge is 2.07. The number of carbonyl (C=O) groups is 1. The van der Waals surface area contributed by atoms with Crippen LogP contribution < -0.4 is 15.8 Å². The molecule has 22 heavy (non-hydrogen) atoms. The van der Waals surface area contributed by atoms with Crippen LogP contribution in [0.2, 0.25) is 0 Å². The minimum atomic E-state index is -0.517. The zero-order valence-corrected chi connectivity index (χ0v) is 12.0. The van der Waals surface area contributed by atoms with Crippen LogP contribution in [0.15, 0.2) is 42.9 Å². The standard InChI is InChI=1S/C15H15N5O2/c1-17-8-11-7-14(19-9-18-11)22-12-2-3-13-10(6-12)4-5-20(13)15(16)21/h2-7,9,17H,8H2,1H3,(H2,16,21). The molecular formula is C15H15N5O2. The zero-order chi connectivity index (χ0) is 15.5. The van der Waals surface area contributed by atoms with Crippen molar-refractivity contribution in [1.29, 1.82) is 0 Å². The fourth-order valence-corrected chi connectivity index (χ4v) is 2.21. The van der Waals surface area contributed by atoms with Gasteiger partial charge in [0.2, 0.25) is 5.88 Å². The fraction of sp³-hybridized carbons (Fsp3) is 0.133. The minimum Gasteiger partial charge on any atom is -0.439 e. The van der Waals surface area contributed by atoms with Gasteiger partial charge in [-0.1, -0.05) is 0 Å². The van der Waals surface area contributed by atoms with Gasteiger partial charge in [0, 0.05) is 24.2 Å². The maximum absolute atomic E-state index is 11.3. The molecule has 3 rings (SSSR count). The second-order valence-electron chi connectivity index (χ2n) is 4.72. The first-order valence-electron chi connectivity index (χ1n) is 6.71. The Morgan fingerprint density at radius 1 is 1.32 bits per heavy atom. The molecule has 7 nitrogen and oxygen atoms in total. The molecule has 0 aliphatic rings. The van der Waals surface area contributed by atoms with Crippen molar-refractivity contribution in [3.05, 3.63) is 48.5 Å². The van der Waals surface area contributed by atoms with E-state index in [1.165, 1.54) is 10.9 Å². The van der Waals surface area contributed by atoms with Crippen molar-refractivity contribution in [2.75, 3.05) is 7.05 Å². The van der Waals surface area contributed by atoms with E-state index in [0.717, 1.165) is 16.6 Å². The molecule has 0 unspecified atom stereocenters. The number of rotatable bonds is 4. The van der Waals surface area contributed by atoms with Crippen molar-refractivity contribution in [1.82, 2.24) is 19.9 Å². The molecule has 2 heterocycles. The molecule has 0 bridgehead atoms. The number of hydrogen-bond acceptors (Lipinski definition) is 5. The average molecular weight is 297 g/mol. The van der Waals surface area contributed by atoms with Crippen LogP contribution >= 0.6 is 0 Å². The number of hydrogen-bond donors (Lipinski definition) is 2. The van der Waals surface area contributed by atoms with Gasteiger partial charge in [-0.3, -0.25) is 4.57 Å². The molecule has 3 aromatic rings. The normalized spacial score (nSPS) is 10.8. The maximum atomic E-state index is 11.3. The Balaban J connectivity index is 1.88. The first kappa shape index (κ1) is 14.0. The summed E-state index contributed by atoms with van der Waals surface area (Å²) in [5, 5.41) is 3.88. The Hall–Kier alpha value is -2.93. The maximum Gasteiger partial charge on any atom is 0.323 e. The summed E-state index contributed by atoms with van der Waals surface area (Å²) in [5.41, 5.74) is 6.88. The van der Waals surface area contributed by atoms with E-state index < -0.39 is 6.03 Å². The molecule has 112 valence electrons. The lowest BCUT2D eigenvalue weighted by molar-refractivity contribution is 0.251. The lowest BCUT2D eigenvalue weighted by Gasteiger charge is -2.06. The number of amides is 1. The summed E-state index contributed by atoms with van der Waals surface area (Å²) in [5.74, 6) is 1.10. The summed E-state index contributed by atoms with van der Waals surface area (Å²) in [4.78, 5) is 19.5. The molecule has 0 fully saturated rings. The van der Waals surface area contributed by atoms with Crippen molar-refractivity contribution in [2.45, 2.75) is 6.54 Å². The first-order chi connectivity index (χ1) is 10.7. The number of nitrogens with zero attached hydrogens (tertiary/aromatic N) is 3. The molecule has 7 heteroatoms. The molecule has 1 aromatic carbocycles. The Bertz CT molecular complexity index is 828. The number of fused-ring (bicyclic) bond motifs is 1. The van der Waals surface area contributed by atoms with Crippen LogP contribution in [-0.4, -0.2) is 27.6 Å². The van der Waals surface area contributed by atoms with Crippen molar-refractivity contribution < 1.29 is 9.53 Å². The van der Waals surface area contributed by atoms with Crippen LogP contribution in [0.3, 0.4) is 0 Å². The lowest BCUT2D eigenvalue weighted by atomic mass is 10.2. The average Bonchev–Trinajstić information content (AvgIpc) is 2.91. The predicted octanol–water partition coefficient (Wildman–Crippen LogP) is 1.87. The highest BCUT2D eigenvalue weighted by Crippen LogP contribution is 2.25. The molecule has 0 aliphatic carbocycles. The van der Waals surface area contributed by atoms with Crippen LogP contribution in [0, 0.1) is 0 Å². The van der Waals surface area contributed by atoms with E-state index >= 15 is 0 Å².